The third-order valence-corrected chi connectivity index (χ3v) is 22.8. The summed E-state index contributed by atoms with van der Waals surface area (Å²) < 4.78 is 11.0. The van der Waals surface area contributed by atoms with E-state index in [-0.39, 0.29) is 35.4 Å². The van der Waals surface area contributed by atoms with Crippen molar-refractivity contribution in [3.05, 3.63) is 253 Å². The molecule has 0 radical (unpaired) electrons. The van der Waals surface area contributed by atoms with Crippen molar-refractivity contribution in [2.45, 2.75) is 105 Å². The molecule has 4 aromatic heterocycles. The Kier molecular flexibility index (Phi) is 11.0. The van der Waals surface area contributed by atoms with E-state index in [0.29, 0.717) is 0 Å². The van der Waals surface area contributed by atoms with E-state index in [9.17, 15) is 0 Å². The Morgan fingerprint density at radius 1 is 0.240 bits per heavy atom. The van der Waals surface area contributed by atoms with Gasteiger partial charge in [-0.1, -0.05) is 277 Å². The number of para-hydroxylation sites is 2. The molecule has 16 aromatic rings. The highest BCUT2D eigenvalue weighted by molar-refractivity contribution is 6.92. The van der Waals surface area contributed by atoms with E-state index in [4.69, 9.17) is 0 Å². The predicted molar refractivity (Wildman–Crippen MR) is 412 cm³/mol. The molecule has 0 aliphatic carbocycles. The molecule has 0 bridgehead atoms. The summed E-state index contributed by atoms with van der Waals surface area (Å²) >= 11 is 0. The number of hydrogen-bond donors (Lipinski definition) is 0. The molecule has 8 heterocycles. The lowest BCUT2D eigenvalue weighted by Crippen LogP contribution is -2.55. The molecule has 460 valence electrons. The van der Waals surface area contributed by atoms with Crippen molar-refractivity contribution in [3.63, 3.8) is 0 Å². The van der Waals surface area contributed by atoms with Gasteiger partial charge in [0.2, 0.25) is 0 Å². The van der Waals surface area contributed by atoms with Crippen LogP contribution in [0.5, 0.6) is 0 Å². The number of hydrogen-bond acceptors (Lipinski definition) is 0. The molecule has 0 saturated heterocycles. The van der Waals surface area contributed by atoms with Gasteiger partial charge in [-0.25, -0.2) is 0 Å². The highest BCUT2D eigenvalue weighted by Gasteiger charge is 2.47. The highest BCUT2D eigenvalue weighted by Crippen LogP contribution is 2.51. The molecule has 0 amide bonds. The minimum atomic E-state index is -0.149. The van der Waals surface area contributed by atoms with Crippen molar-refractivity contribution in [1.82, 2.24) is 18.1 Å². The normalized spacial score (nSPS) is 13.8. The van der Waals surface area contributed by atoms with E-state index in [1.807, 2.05) is 0 Å². The number of nitrogens with zero attached hydrogens (tertiary/aromatic N) is 4. The summed E-state index contributed by atoms with van der Waals surface area (Å²) in [5.41, 5.74) is 38.8. The maximum Gasteiger partial charge on any atom is 0.333 e. The Balaban J connectivity index is 0.870. The van der Waals surface area contributed by atoms with Crippen LogP contribution in [0.2, 0.25) is 0 Å². The van der Waals surface area contributed by atoms with Gasteiger partial charge in [0.1, 0.15) is 0 Å². The summed E-state index contributed by atoms with van der Waals surface area (Å²) in [5, 5.41) is 7.72. The van der Waals surface area contributed by atoms with Crippen LogP contribution in [0.25, 0.3) is 155 Å². The fourth-order valence-electron chi connectivity index (χ4n) is 17.9. The largest absolute Gasteiger partial charge is 0.374 e. The van der Waals surface area contributed by atoms with Crippen LogP contribution >= 0.6 is 0 Å². The third kappa shape index (κ3) is 7.53. The van der Waals surface area contributed by atoms with Crippen molar-refractivity contribution < 1.29 is 0 Å². The van der Waals surface area contributed by atoms with Gasteiger partial charge < -0.3 is 18.1 Å². The molecular formula is C90H74B2N4. The smallest absolute Gasteiger partial charge is 0.333 e. The Morgan fingerprint density at radius 2 is 0.552 bits per heavy atom. The summed E-state index contributed by atoms with van der Waals surface area (Å²) in [6.45, 7) is 27.3. The number of benzene rings is 12. The number of rotatable bonds is 4. The van der Waals surface area contributed by atoms with Crippen LogP contribution in [0, 0.1) is 0 Å². The zero-order chi connectivity index (χ0) is 65.1. The fraction of sp³-hybridized carbons (Fsp3) is 0.178. The first kappa shape index (κ1) is 56.1. The standard InChI is InChI=1S/C90H74B2N4/c1-87(2,3)59-31-19-51(20-32-59)55-27-43-75-71(47-55)67-41-39-63-65-15-13-17-69-81(65)95(91-73-49-57(29-45-77(73)93(75)83(67)79(63)91)53-23-35-61(36-24-53)89(7,8)9)85-70-18-14-16-66-64-40-42-68-72-48-56(52-21-33-60(34-22-52)88(4,5)6)28-44-76(72)94-78-46-30-58(54-25-37-62(38-26-54)90(10,11)12)50-74(78)92(80(64)84(68)94)96(82(66)70)86(69)85/h13-50H,1-12H3. The van der Waals surface area contributed by atoms with Crippen LogP contribution in [-0.4, -0.2) is 31.8 Å². The molecular weight excluding hydrogens is 1160 g/mol. The SMILES string of the molecule is CC(C)(C)c1ccc(-c2ccc3c(c2)B2c4c(ccc5c6cc(-c7ccc(C(C)(C)C)cc7)ccc6n-3c45)-c3cccc4c3n2c2c3cccc5c3n(c42)B2c3cc(-c4ccc(C(C)(C)C)cc4)ccc3-n3c4ccc(-c6ccc(C(C)(C)C)cc6)cc4c4ccc-5c2c43)cc1. The molecule has 4 aliphatic rings. The van der Waals surface area contributed by atoms with E-state index in [0.717, 1.165) is 0 Å². The second-order valence-electron chi connectivity index (χ2n) is 32.5. The lowest BCUT2D eigenvalue weighted by Gasteiger charge is -2.34. The average molecular weight is 1230 g/mol. The Hall–Kier alpha value is -10.3. The van der Waals surface area contributed by atoms with Gasteiger partial charge >= 0.3 is 13.7 Å². The summed E-state index contributed by atoms with van der Waals surface area (Å²) in [5.74, 6) is 0. The van der Waals surface area contributed by atoms with Crippen LogP contribution in [0.15, 0.2) is 231 Å². The third-order valence-electron chi connectivity index (χ3n) is 22.8. The molecule has 0 atom stereocenters. The van der Waals surface area contributed by atoms with E-state index in [2.05, 4.69) is 332 Å². The molecule has 20 rings (SSSR count). The van der Waals surface area contributed by atoms with Gasteiger partial charge in [-0.3, -0.25) is 0 Å². The molecule has 4 nitrogen and oxygen atoms in total. The second kappa shape index (κ2) is 18.8. The monoisotopic (exact) mass is 1230 g/mol. The first-order valence-electron chi connectivity index (χ1n) is 34.7. The zero-order valence-electron chi connectivity index (χ0n) is 56.9. The Morgan fingerprint density at radius 3 is 0.885 bits per heavy atom. The summed E-state index contributed by atoms with van der Waals surface area (Å²) in [4.78, 5) is 0. The van der Waals surface area contributed by atoms with Gasteiger partial charge in [0.05, 0.1) is 33.1 Å². The topological polar surface area (TPSA) is 19.7 Å². The van der Waals surface area contributed by atoms with Gasteiger partial charge in [-0.05, 0) is 158 Å². The van der Waals surface area contributed by atoms with Gasteiger partial charge in [0.15, 0.2) is 0 Å². The number of aromatic nitrogens is 4. The average Bonchev–Trinajstić information content (AvgIpc) is 1.47. The summed E-state index contributed by atoms with van der Waals surface area (Å²) in [7, 11) is 0. The minimum absolute atomic E-state index is 0.0439. The minimum Gasteiger partial charge on any atom is -0.374 e. The van der Waals surface area contributed by atoms with Crippen molar-refractivity contribution >= 4 is 112 Å². The summed E-state index contributed by atoms with van der Waals surface area (Å²) in [6.07, 6.45) is 0. The zero-order valence-corrected chi connectivity index (χ0v) is 56.9. The van der Waals surface area contributed by atoms with Crippen molar-refractivity contribution in [2.24, 2.45) is 0 Å². The summed E-state index contributed by atoms with van der Waals surface area (Å²) in [6, 6.07) is 90.9. The van der Waals surface area contributed by atoms with Gasteiger partial charge in [-0.15, -0.1) is 0 Å². The van der Waals surface area contributed by atoms with E-state index in [1.165, 1.54) is 199 Å². The van der Waals surface area contributed by atoms with Crippen LogP contribution in [0.4, 0.5) is 0 Å². The van der Waals surface area contributed by atoms with Crippen LogP contribution in [0.1, 0.15) is 105 Å². The molecule has 0 N–H and O–H groups in total. The fourth-order valence-corrected chi connectivity index (χ4v) is 17.9. The van der Waals surface area contributed by atoms with E-state index in [1.54, 1.807) is 0 Å². The molecule has 6 heteroatoms. The molecule has 96 heavy (non-hydrogen) atoms. The second-order valence-corrected chi connectivity index (χ2v) is 32.5. The quantitative estimate of drug-likeness (QED) is 0.157. The highest BCUT2D eigenvalue weighted by atomic mass is 15.1. The Bertz CT molecular complexity index is 5750. The first-order valence-corrected chi connectivity index (χ1v) is 34.7. The lowest BCUT2D eigenvalue weighted by molar-refractivity contribution is 0.590. The van der Waals surface area contributed by atoms with E-state index < -0.39 is 0 Å². The maximum atomic E-state index is 2.84. The molecule has 0 spiro atoms. The molecule has 4 aliphatic heterocycles. The van der Waals surface area contributed by atoms with Crippen LogP contribution in [-0.2, 0) is 21.7 Å². The predicted octanol–water partition coefficient (Wildman–Crippen LogP) is 20.7. The molecule has 0 saturated carbocycles. The van der Waals surface area contributed by atoms with Crippen molar-refractivity contribution in [2.75, 3.05) is 0 Å². The maximum absolute atomic E-state index is 2.84. The van der Waals surface area contributed by atoms with Gasteiger partial charge in [0.25, 0.3) is 0 Å². The lowest BCUT2D eigenvalue weighted by atomic mass is 9.45. The van der Waals surface area contributed by atoms with E-state index >= 15 is 0 Å². The Labute approximate surface area is 562 Å². The van der Waals surface area contributed by atoms with Crippen LogP contribution < -0.4 is 21.9 Å². The van der Waals surface area contributed by atoms with Crippen molar-refractivity contribution in [3.8, 4) is 78.1 Å². The molecule has 0 fully saturated rings. The van der Waals surface area contributed by atoms with Gasteiger partial charge in [-0.2, -0.15) is 0 Å². The molecule has 0 unspecified atom stereocenters. The van der Waals surface area contributed by atoms with Crippen LogP contribution in [0.3, 0.4) is 0 Å². The molecule has 12 aromatic carbocycles. The van der Waals surface area contributed by atoms with Crippen molar-refractivity contribution in [1.29, 1.82) is 0 Å². The first-order chi connectivity index (χ1) is 46.2. The number of fused-ring (bicyclic) bond motifs is 21. The van der Waals surface area contributed by atoms with Gasteiger partial charge in [0, 0.05) is 65.9 Å².